The van der Waals surface area contributed by atoms with Gasteiger partial charge in [0.15, 0.2) is 0 Å². The molecular formula is C23H38N4O. The number of rotatable bonds is 4. The van der Waals surface area contributed by atoms with Crippen molar-refractivity contribution in [2.24, 2.45) is 16.7 Å². The normalized spacial score (nSPS) is 22.5. The lowest BCUT2D eigenvalue weighted by Gasteiger charge is -2.46. The zero-order valence-corrected chi connectivity index (χ0v) is 18.7. The maximum absolute atomic E-state index is 13.2. The molecule has 5 heteroatoms. The summed E-state index contributed by atoms with van der Waals surface area (Å²) >= 11 is 0. The third-order valence-corrected chi connectivity index (χ3v) is 6.13. The van der Waals surface area contributed by atoms with Gasteiger partial charge in [-0.25, -0.2) is 4.98 Å². The van der Waals surface area contributed by atoms with E-state index in [9.17, 15) is 4.79 Å². The van der Waals surface area contributed by atoms with Gasteiger partial charge in [0.05, 0.1) is 0 Å². The molecule has 156 valence electrons. The van der Waals surface area contributed by atoms with Gasteiger partial charge in [-0.1, -0.05) is 33.8 Å². The molecule has 0 aromatic carbocycles. The van der Waals surface area contributed by atoms with Crippen LogP contribution in [0.5, 0.6) is 0 Å². The second-order valence-electron chi connectivity index (χ2n) is 10.7. The number of pyridine rings is 1. The first-order chi connectivity index (χ1) is 13.0. The molecule has 28 heavy (non-hydrogen) atoms. The van der Waals surface area contributed by atoms with E-state index in [0.29, 0.717) is 5.91 Å². The smallest absolute Gasteiger partial charge is 0.225 e. The van der Waals surface area contributed by atoms with Crippen LogP contribution in [0.2, 0.25) is 0 Å². The lowest BCUT2D eigenvalue weighted by atomic mass is 9.61. The fraction of sp³-hybridized carbons (Fsp3) is 0.739. The molecule has 0 spiro atoms. The first-order valence-corrected chi connectivity index (χ1v) is 10.7. The Balaban J connectivity index is 1.57. The molecule has 1 aliphatic carbocycles. The van der Waals surface area contributed by atoms with E-state index in [1.165, 1.54) is 12.0 Å². The number of nitrogens with zero attached hydrogens (tertiary/aromatic N) is 4. The molecule has 0 unspecified atom stereocenters. The number of anilines is 1. The quantitative estimate of drug-likeness (QED) is 0.792. The van der Waals surface area contributed by atoms with Gasteiger partial charge < -0.3 is 14.7 Å². The van der Waals surface area contributed by atoms with Crippen molar-refractivity contribution >= 4 is 11.7 Å². The predicted octanol–water partition coefficient (Wildman–Crippen LogP) is 3.64. The van der Waals surface area contributed by atoms with Crippen LogP contribution in [0.1, 0.15) is 52.5 Å². The number of carbonyl (C=O) groups is 1. The van der Waals surface area contributed by atoms with Gasteiger partial charge in [0.25, 0.3) is 0 Å². The summed E-state index contributed by atoms with van der Waals surface area (Å²) in [5, 5.41) is 0. The average Bonchev–Trinajstić information content (AvgIpc) is 2.59. The Morgan fingerprint density at radius 1 is 1.07 bits per heavy atom. The molecule has 2 heterocycles. The average molecular weight is 387 g/mol. The lowest BCUT2D eigenvalue weighted by Crippen LogP contribution is -2.52. The van der Waals surface area contributed by atoms with E-state index in [4.69, 9.17) is 0 Å². The van der Waals surface area contributed by atoms with E-state index in [2.05, 4.69) is 73.6 Å². The van der Waals surface area contributed by atoms with E-state index in [0.717, 1.165) is 51.4 Å². The molecule has 2 fully saturated rings. The van der Waals surface area contributed by atoms with E-state index < -0.39 is 0 Å². The summed E-state index contributed by atoms with van der Waals surface area (Å²) in [5.74, 6) is 1.57. The molecule has 0 atom stereocenters. The first-order valence-electron chi connectivity index (χ1n) is 10.7. The zero-order valence-electron chi connectivity index (χ0n) is 18.7. The van der Waals surface area contributed by atoms with Crippen molar-refractivity contribution in [3.8, 4) is 0 Å². The molecule has 1 aliphatic heterocycles. The molecule has 2 aliphatic rings. The highest BCUT2D eigenvalue weighted by molar-refractivity contribution is 5.79. The highest BCUT2D eigenvalue weighted by Crippen LogP contribution is 2.48. The molecule has 1 amide bonds. The molecular weight excluding hydrogens is 348 g/mol. The third-order valence-electron chi connectivity index (χ3n) is 6.13. The lowest BCUT2D eigenvalue weighted by molar-refractivity contribution is -0.140. The van der Waals surface area contributed by atoms with Crippen molar-refractivity contribution in [3.63, 3.8) is 0 Å². The monoisotopic (exact) mass is 386 g/mol. The van der Waals surface area contributed by atoms with Gasteiger partial charge in [0.2, 0.25) is 5.91 Å². The standard InChI is InChI=1S/C23H38N4O/c1-22(2)13-19(14-23(3,4)17-22)21(28)27-11-9-26(10-12-27)20-8-7-18(15-24-20)16-25(5)6/h7-8,15,19H,9-14,16-17H2,1-6H3. The number of carbonyl (C=O) groups excluding carboxylic acids is 1. The van der Waals surface area contributed by atoms with Gasteiger partial charge >= 0.3 is 0 Å². The number of hydrogen-bond acceptors (Lipinski definition) is 4. The summed E-state index contributed by atoms with van der Waals surface area (Å²) < 4.78 is 0. The Labute approximate surface area is 171 Å². The summed E-state index contributed by atoms with van der Waals surface area (Å²) in [4.78, 5) is 24.4. The van der Waals surface area contributed by atoms with Gasteiger partial charge in [0.1, 0.15) is 5.82 Å². The Morgan fingerprint density at radius 3 is 2.18 bits per heavy atom. The van der Waals surface area contributed by atoms with Crippen molar-refractivity contribution in [1.29, 1.82) is 0 Å². The fourth-order valence-electron chi connectivity index (χ4n) is 5.50. The van der Waals surface area contributed by atoms with E-state index >= 15 is 0 Å². The van der Waals surface area contributed by atoms with Gasteiger partial charge in [-0.15, -0.1) is 0 Å². The second-order valence-corrected chi connectivity index (χ2v) is 10.7. The van der Waals surface area contributed by atoms with Gasteiger partial charge in [-0.2, -0.15) is 0 Å². The van der Waals surface area contributed by atoms with Crippen LogP contribution in [0.4, 0.5) is 5.82 Å². The Kier molecular flexibility index (Phi) is 6.04. The maximum Gasteiger partial charge on any atom is 0.225 e. The zero-order chi connectivity index (χ0) is 20.5. The van der Waals surface area contributed by atoms with Gasteiger partial charge in [0, 0.05) is 44.8 Å². The van der Waals surface area contributed by atoms with Crippen molar-refractivity contribution in [2.45, 2.75) is 53.5 Å². The Morgan fingerprint density at radius 2 is 1.68 bits per heavy atom. The van der Waals surface area contributed by atoms with Crippen LogP contribution >= 0.6 is 0 Å². The van der Waals surface area contributed by atoms with Crippen LogP contribution in [0.25, 0.3) is 0 Å². The van der Waals surface area contributed by atoms with Crippen LogP contribution in [-0.2, 0) is 11.3 Å². The molecule has 1 saturated carbocycles. The maximum atomic E-state index is 13.2. The minimum atomic E-state index is 0.175. The number of amides is 1. The second kappa shape index (κ2) is 8.02. The topological polar surface area (TPSA) is 39.7 Å². The number of aromatic nitrogens is 1. The van der Waals surface area contributed by atoms with Crippen LogP contribution < -0.4 is 4.90 Å². The van der Waals surface area contributed by atoms with Crippen molar-refractivity contribution in [3.05, 3.63) is 23.9 Å². The van der Waals surface area contributed by atoms with Crippen LogP contribution in [-0.4, -0.2) is 61.0 Å². The highest BCUT2D eigenvalue weighted by atomic mass is 16.2. The van der Waals surface area contributed by atoms with Crippen LogP contribution in [0.3, 0.4) is 0 Å². The summed E-state index contributed by atoms with van der Waals surface area (Å²) in [5.41, 5.74) is 1.73. The molecule has 1 aromatic heterocycles. The molecule has 0 N–H and O–H groups in total. The summed E-state index contributed by atoms with van der Waals surface area (Å²) in [6.07, 6.45) is 5.21. The minimum Gasteiger partial charge on any atom is -0.353 e. The molecule has 1 aromatic rings. The Bertz CT molecular complexity index is 656. The molecule has 1 saturated heterocycles. The minimum absolute atomic E-state index is 0.175. The highest BCUT2D eigenvalue weighted by Gasteiger charge is 2.42. The summed E-state index contributed by atoms with van der Waals surface area (Å²) in [6.45, 7) is 13.5. The molecule has 5 nitrogen and oxygen atoms in total. The third kappa shape index (κ3) is 5.25. The Hall–Kier alpha value is -1.62. The van der Waals surface area contributed by atoms with Gasteiger partial charge in [-0.3, -0.25) is 4.79 Å². The van der Waals surface area contributed by atoms with Crippen molar-refractivity contribution in [1.82, 2.24) is 14.8 Å². The summed E-state index contributed by atoms with van der Waals surface area (Å²) in [7, 11) is 4.14. The van der Waals surface area contributed by atoms with Crippen molar-refractivity contribution < 1.29 is 4.79 Å². The molecule has 0 radical (unpaired) electrons. The summed E-state index contributed by atoms with van der Waals surface area (Å²) in [6, 6.07) is 4.27. The van der Waals surface area contributed by atoms with Crippen LogP contribution in [0, 0.1) is 16.7 Å². The fourth-order valence-corrected chi connectivity index (χ4v) is 5.50. The largest absolute Gasteiger partial charge is 0.353 e. The SMILES string of the molecule is CN(C)Cc1ccc(N2CCN(C(=O)C3CC(C)(C)CC(C)(C)C3)CC2)nc1. The van der Waals surface area contributed by atoms with E-state index in [-0.39, 0.29) is 16.7 Å². The molecule has 0 bridgehead atoms. The van der Waals surface area contributed by atoms with E-state index in [1.54, 1.807) is 0 Å². The molecule has 3 rings (SSSR count). The van der Waals surface area contributed by atoms with Crippen LogP contribution in [0.15, 0.2) is 18.3 Å². The van der Waals surface area contributed by atoms with E-state index in [1.807, 2.05) is 6.20 Å². The van der Waals surface area contributed by atoms with Gasteiger partial charge in [-0.05, 0) is 55.8 Å². The number of hydrogen-bond donors (Lipinski definition) is 0. The number of piperazine rings is 1. The predicted molar refractivity (Wildman–Crippen MR) is 115 cm³/mol. The van der Waals surface area contributed by atoms with Crippen molar-refractivity contribution in [2.75, 3.05) is 45.2 Å². The first kappa shape index (κ1) is 21.1.